The Morgan fingerprint density at radius 3 is 2.52 bits per heavy atom. The number of nitrogens with zero attached hydrogens (tertiary/aromatic N) is 2. The lowest BCUT2D eigenvalue weighted by atomic mass is 10.2. The van der Waals surface area contributed by atoms with Crippen molar-refractivity contribution in [2.45, 2.75) is 60.2 Å². The van der Waals surface area contributed by atoms with E-state index in [0.717, 1.165) is 36.9 Å². The molecule has 0 atom stereocenters. The normalized spacial score (nSPS) is 11.6. The first kappa shape index (κ1) is 18.4. The molecule has 1 aromatic heterocycles. The summed E-state index contributed by atoms with van der Waals surface area (Å²) >= 11 is 1.80. The maximum Gasteiger partial charge on any atom is 0.186 e. The number of hydrogen-bond donors (Lipinski definition) is 1. The summed E-state index contributed by atoms with van der Waals surface area (Å²) in [5.74, 6) is 0.663. The van der Waals surface area contributed by atoms with Gasteiger partial charge >= 0.3 is 0 Å². The number of thiazole rings is 1. The molecule has 5 heteroatoms. The molecule has 0 aromatic carbocycles. The SMILES string of the molecule is CCCN(c1nc(COC)c(CNCC(C)C)s1)C(C)C. The van der Waals surface area contributed by atoms with Crippen molar-refractivity contribution < 1.29 is 4.74 Å². The number of methoxy groups -OCH3 is 1. The molecule has 0 saturated heterocycles. The predicted octanol–water partition coefficient (Wildman–Crippen LogP) is 3.66. The van der Waals surface area contributed by atoms with Crippen LogP contribution in [0.1, 0.15) is 51.6 Å². The average Bonchev–Trinajstić information content (AvgIpc) is 2.78. The van der Waals surface area contributed by atoms with Gasteiger partial charge in [-0.1, -0.05) is 20.8 Å². The molecule has 0 bridgehead atoms. The van der Waals surface area contributed by atoms with Crippen LogP contribution in [0.2, 0.25) is 0 Å². The molecular formula is C16H31N3OS. The molecule has 1 rings (SSSR count). The van der Waals surface area contributed by atoms with Crippen LogP contribution < -0.4 is 10.2 Å². The van der Waals surface area contributed by atoms with Crippen molar-refractivity contribution in [2.24, 2.45) is 5.92 Å². The summed E-state index contributed by atoms with van der Waals surface area (Å²) < 4.78 is 5.31. The zero-order chi connectivity index (χ0) is 15.8. The second-order valence-corrected chi connectivity index (χ2v) is 7.17. The van der Waals surface area contributed by atoms with Crippen molar-refractivity contribution in [3.63, 3.8) is 0 Å². The van der Waals surface area contributed by atoms with Crippen LogP contribution in [0, 0.1) is 5.92 Å². The Bertz CT molecular complexity index is 404. The highest BCUT2D eigenvalue weighted by Crippen LogP contribution is 2.28. The standard InChI is InChI=1S/C16H31N3OS/c1-7-8-19(13(4)5)16-18-14(11-20-6)15(21-16)10-17-9-12(2)3/h12-13,17H,7-11H2,1-6H3. The minimum atomic E-state index is 0.475. The Balaban J connectivity index is 2.85. The maximum atomic E-state index is 5.31. The minimum absolute atomic E-state index is 0.475. The van der Waals surface area contributed by atoms with Crippen LogP contribution >= 0.6 is 11.3 Å². The molecule has 0 spiro atoms. The van der Waals surface area contributed by atoms with E-state index < -0.39 is 0 Å². The average molecular weight is 314 g/mol. The Kier molecular flexibility index (Phi) is 8.22. The molecule has 0 fully saturated rings. The minimum Gasteiger partial charge on any atom is -0.378 e. The number of nitrogens with one attached hydrogen (secondary N) is 1. The summed E-state index contributed by atoms with van der Waals surface area (Å²) in [5, 5.41) is 4.63. The van der Waals surface area contributed by atoms with Gasteiger partial charge in [0.25, 0.3) is 0 Å². The molecule has 0 amide bonds. The highest BCUT2D eigenvalue weighted by molar-refractivity contribution is 7.15. The van der Waals surface area contributed by atoms with Crippen LogP contribution in [0.3, 0.4) is 0 Å². The maximum absolute atomic E-state index is 5.31. The largest absolute Gasteiger partial charge is 0.378 e. The van der Waals surface area contributed by atoms with Gasteiger partial charge in [0, 0.05) is 31.1 Å². The Labute approximate surface area is 133 Å². The molecule has 0 unspecified atom stereocenters. The quantitative estimate of drug-likeness (QED) is 0.715. The van der Waals surface area contributed by atoms with Crippen LogP contribution in [-0.4, -0.2) is 31.2 Å². The summed E-state index contributed by atoms with van der Waals surface area (Å²) in [6.45, 7) is 14.7. The molecule has 21 heavy (non-hydrogen) atoms. The number of anilines is 1. The van der Waals surface area contributed by atoms with Crippen LogP contribution in [0.25, 0.3) is 0 Å². The second kappa shape index (κ2) is 9.38. The van der Waals surface area contributed by atoms with Gasteiger partial charge in [-0.25, -0.2) is 4.98 Å². The Morgan fingerprint density at radius 1 is 1.29 bits per heavy atom. The van der Waals surface area contributed by atoms with Crippen LogP contribution in [0.5, 0.6) is 0 Å². The summed E-state index contributed by atoms with van der Waals surface area (Å²) in [4.78, 5) is 8.50. The molecule has 0 aliphatic rings. The van der Waals surface area contributed by atoms with E-state index in [0.29, 0.717) is 18.6 Å². The van der Waals surface area contributed by atoms with Gasteiger partial charge in [-0.3, -0.25) is 0 Å². The van der Waals surface area contributed by atoms with Gasteiger partial charge in [0.2, 0.25) is 0 Å². The highest BCUT2D eigenvalue weighted by Gasteiger charge is 2.17. The van der Waals surface area contributed by atoms with E-state index in [1.165, 1.54) is 4.88 Å². The highest BCUT2D eigenvalue weighted by atomic mass is 32.1. The first-order valence-corrected chi connectivity index (χ1v) is 8.76. The Hall–Kier alpha value is -0.650. The van der Waals surface area contributed by atoms with Crippen molar-refractivity contribution >= 4 is 16.5 Å². The molecule has 122 valence electrons. The first-order valence-electron chi connectivity index (χ1n) is 7.94. The second-order valence-electron chi connectivity index (χ2n) is 6.11. The van der Waals surface area contributed by atoms with E-state index in [9.17, 15) is 0 Å². The zero-order valence-corrected chi connectivity index (χ0v) is 15.2. The van der Waals surface area contributed by atoms with Gasteiger partial charge < -0.3 is 15.0 Å². The third-order valence-corrected chi connectivity index (χ3v) is 4.35. The van der Waals surface area contributed by atoms with Crippen LogP contribution in [0.15, 0.2) is 0 Å². The molecule has 4 nitrogen and oxygen atoms in total. The summed E-state index contributed by atoms with van der Waals surface area (Å²) in [5.41, 5.74) is 1.08. The number of ether oxygens (including phenoxy) is 1. The number of rotatable bonds is 10. The molecule has 0 saturated carbocycles. The first-order chi connectivity index (χ1) is 9.99. The van der Waals surface area contributed by atoms with Gasteiger partial charge in [-0.05, 0) is 32.7 Å². The summed E-state index contributed by atoms with van der Waals surface area (Å²) in [7, 11) is 1.73. The van der Waals surface area contributed by atoms with E-state index in [1.807, 2.05) is 0 Å². The lowest BCUT2D eigenvalue weighted by Gasteiger charge is -2.25. The Morgan fingerprint density at radius 2 is 2.00 bits per heavy atom. The lowest BCUT2D eigenvalue weighted by Crippen LogP contribution is -2.31. The lowest BCUT2D eigenvalue weighted by molar-refractivity contribution is 0.181. The molecule has 0 radical (unpaired) electrons. The van der Waals surface area contributed by atoms with Crippen molar-refractivity contribution in [3.8, 4) is 0 Å². The topological polar surface area (TPSA) is 37.4 Å². The molecule has 0 aliphatic heterocycles. The van der Waals surface area contributed by atoms with E-state index in [-0.39, 0.29) is 0 Å². The van der Waals surface area contributed by atoms with Crippen LogP contribution in [-0.2, 0) is 17.9 Å². The van der Waals surface area contributed by atoms with E-state index >= 15 is 0 Å². The van der Waals surface area contributed by atoms with E-state index in [2.05, 4.69) is 44.8 Å². The summed E-state index contributed by atoms with van der Waals surface area (Å²) in [6, 6.07) is 0.475. The number of aromatic nitrogens is 1. The third-order valence-electron chi connectivity index (χ3n) is 3.22. The zero-order valence-electron chi connectivity index (χ0n) is 14.4. The van der Waals surface area contributed by atoms with Gasteiger partial charge in [0.1, 0.15) is 0 Å². The molecule has 1 aromatic rings. The molecule has 1 N–H and O–H groups in total. The summed E-state index contributed by atoms with van der Waals surface area (Å²) in [6.07, 6.45) is 1.14. The van der Waals surface area contributed by atoms with E-state index in [1.54, 1.807) is 18.4 Å². The molecule has 0 aliphatic carbocycles. The van der Waals surface area contributed by atoms with Gasteiger partial charge in [0.15, 0.2) is 5.13 Å². The van der Waals surface area contributed by atoms with Gasteiger partial charge in [-0.2, -0.15) is 0 Å². The molecule has 1 heterocycles. The fraction of sp³-hybridized carbons (Fsp3) is 0.812. The fourth-order valence-corrected chi connectivity index (χ4v) is 3.36. The fourth-order valence-electron chi connectivity index (χ4n) is 2.17. The molecular weight excluding hydrogens is 282 g/mol. The predicted molar refractivity (Wildman–Crippen MR) is 92.1 cm³/mol. The third kappa shape index (κ3) is 5.93. The van der Waals surface area contributed by atoms with Crippen molar-refractivity contribution in [1.29, 1.82) is 0 Å². The van der Waals surface area contributed by atoms with E-state index in [4.69, 9.17) is 9.72 Å². The van der Waals surface area contributed by atoms with Gasteiger partial charge in [-0.15, -0.1) is 11.3 Å². The monoisotopic (exact) mass is 313 g/mol. The van der Waals surface area contributed by atoms with Crippen molar-refractivity contribution in [1.82, 2.24) is 10.3 Å². The van der Waals surface area contributed by atoms with Gasteiger partial charge in [0.05, 0.1) is 12.3 Å². The van der Waals surface area contributed by atoms with Crippen molar-refractivity contribution in [3.05, 3.63) is 10.6 Å². The van der Waals surface area contributed by atoms with Crippen molar-refractivity contribution in [2.75, 3.05) is 25.1 Å². The smallest absolute Gasteiger partial charge is 0.186 e. The van der Waals surface area contributed by atoms with Crippen LogP contribution in [0.4, 0.5) is 5.13 Å². The number of hydrogen-bond acceptors (Lipinski definition) is 5.